The molecule has 0 saturated carbocycles. The Labute approximate surface area is 305 Å². The van der Waals surface area contributed by atoms with Crippen LogP contribution in [0.1, 0.15) is 6.42 Å². The molecule has 11 N–H and O–H groups in total. The van der Waals surface area contributed by atoms with Crippen LogP contribution in [-0.2, 0) is 38.0 Å². The molecule has 3 rings (SSSR count). The zero-order chi connectivity index (χ0) is 36.6. The molecule has 0 radical (unpaired) electrons. The standard InChI is InChI=1S/C26H40N4O19.Na/c1-2-3-44-23-20(41)18(39)21(11(7-32)46-23)48-24-19(40)17(38)16(37)12(47-24)8-45-26(25(42)43)4-9(33)14(29-13(35)5-28-30-27)22(49-26)15(36)10(34)6-31;/h1,9-12,14-24,31-34,36-41H,3-8H2,(H,29,35)(H,42,43);/q;+1/p-1/t9-,10+,11+,12+,14+,15+,16-,17-,18+,19+,20+,21+,22+,23+,24-,26+;/m0./s1. The van der Waals surface area contributed by atoms with Crippen LogP contribution in [-0.4, -0.2) is 194 Å². The third kappa shape index (κ3) is 10.2. The number of azide groups is 1. The van der Waals surface area contributed by atoms with E-state index in [0.29, 0.717) is 0 Å². The monoisotopic (exact) mass is 734 g/mol. The summed E-state index contributed by atoms with van der Waals surface area (Å²) in [6.45, 7) is -4.10. The van der Waals surface area contributed by atoms with Crippen molar-refractivity contribution in [3.63, 3.8) is 0 Å². The van der Waals surface area contributed by atoms with Crippen LogP contribution >= 0.6 is 0 Å². The summed E-state index contributed by atoms with van der Waals surface area (Å²) in [5, 5.41) is 121. The van der Waals surface area contributed by atoms with Crippen LogP contribution in [0.5, 0.6) is 0 Å². The Kier molecular flexibility index (Phi) is 17.6. The maximum absolute atomic E-state index is 12.4. The minimum absolute atomic E-state index is 0. The average molecular weight is 735 g/mol. The Bertz CT molecular complexity index is 1210. The first kappa shape index (κ1) is 44.3. The van der Waals surface area contributed by atoms with Gasteiger partial charge < -0.3 is 94.7 Å². The van der Waals surface area contributed by atoms with Crippen LogP contribution in [0.25, 0.3) is 10.4 Å². The van der Waals surface area contributed by atoms with E-state index in [2.05, 4.69) is 21.3 Å². The van der Waals surface area contributed by atoms with Crippen LogP contribution < -0.4 is 40.0 Å². The number of carbonyl (C=O) groups is 2. The van der Waals surface area contributed by atoms with Gasteiger partial charge in [-0.2, -0.15) is 0 Å². The molecule has 3 heterocycles. The predicted molar refractivity (Wildman–Crippen MR) is 148 cm³/mol. The Balaban J connectivity index is 0.00000867. The molecule has 3 saturated heterocycles. The average Bonchev–Trinajstić information content (AvgIpc) is 3.08. The van der Waals surface area contributed by atoms with Crippen molar-refractivity contribution in [1.82, 2.24) is 5.32 Å². The number of aliphatic hydroxyl groups is 10. The van der Waals surface area contributed by atoms with E-state index in [0.717, 1.165) is 0 Å². The molecule has 0 aliphatic carbocycles. The fraction of sp³-hybridized carbons (Fsp3) is 0.846. The first-order valence-corrected chi connectivity index (χ1v) is 14.7. The van der Waals surface area contributed by atoms with E-state index in [1.165, 1.54) is 0 Å². The van der Waals surface area contributed by atoms with Crippen LogP contribution in [0.4, 0.5) is 0 Å². The number of rotatable bonds is 15. The quantitative estimate of drug-likeness (QED) is 0.0244. The molecule has 50 heavy (non-hydrogen) atoms. The number of terminal acetylenes is 1. The summed E-state index contributed by atoms with van der Waals surface area (Å²) in [5.41, 5.74) is 8.45. The van der Waals surface area contributed by atoms with E-state index >= 15 is 0 Å². The summed E-state index contributed by atoms with van der Waals surface area (Å²) in [7, 11) is 0. The molecular formula is C26H39N4NaO19. The van der Waals surface area contributed by atoms with Crippen molar-refractivity contribution >= 4 is 11.9 Å². The van der Waals surface area contributed by atoms with E-state index in [-0.39, 0.29) is 36.2 Å². The summed E-state index contributed by atoms with van der Waals surface area (Å²) < 4.78 is 32.3. The summed E-state index contributed by atoms with van der Waals surface area (Å²) in [6.07, 6.45) is -22.3. The number of ether oxygens (including phenoxy) is 6. The van der Waals surface area contributed by atoms with Crippen molar-refractivity contribution in [2.75, 3.05) is 33.0 Å². The second kappa shape index (κ2) is 19.9. The van der Waals surface area contributed by atoms with E-state index in [1.54, 1.807) is 0 Å². The smallest absolute Gasteiger partial charge is 0.544 e. The number of carboxylic acid groups (broad SMARTS) is 1. The van der Waals surface area contributed by atoms with Crippen molar-refractivity contribution in [1.29, 1.82) is 0 Å². The van der Waals surface area contributed by atoms with Crippen LogP contribution in [0, 0.1) is 12.3 Å². The van der Waals surface area contributed by atoms with Gasteiger partial charge in [0.1, 0.15) is 86.3 Å². The zero-order valence-electron chi connectivity index (χ0n) is 26.5. The molecule has 0 spiro atoms. The Morgan fingerprint density at radius 3 is 2.26 bits per heavy atom. The van der Waals surface area contributed by atoms with Crippen LogP contribution in [0.2, 0.25) is 0 Å². The number of aliphatic hydroxyl groups excluding tert-OH is 10. The van der Waals surface area contributed by atoms with Gasteiger partial charge in [-0.05, 0) is 5.53 Å². The summed E-state index contributed by atoms with van der Waals surface area (Å²) in [6, 6.07) is -1.68. The molecule has 278 valence electrons. The van der Waals surface area contributed by atoms with Gasteiger partial charge in [-0.15, -0.1) is 6.42 Å². The number of amides is 1. The van der Waals surface area contributed by atoms with E-state index < -0.39 is 142 Å². The number of nitrogens with one attached hydrogen (secondary N) is 1. The SMILES string of the molecule is C#CCO[C@@H]1O[C@H](CO)[C@@H](O[C@@H]2O[C@H](CO[C@]3(C(=O)[O-])C[C@H](O)[C@@H](NC(=O)CN=[N+]=[N-])[C@H]([C@H](O)[C@H](O)CO)O3)[C@H](O)[C@H](O)[C@H]2O)[C@H](O)[C@H]1O.[Na+]. The maximum Gasteiger partial charge on any atom is 1.00 e. The molecule has 1 amide bonds. The Morgan fingerprint density at radius 2 is 1.68 bits per heavy atom. The van der Waals surface area contributed by atoms with Gasteiger partial charge in [-0.25, -0.2) is 0 Å². The summed E-state index contributed by atoms with van der Waals surface area (Å²) >= 11 is 0. The van der Waals surface area contributed by atoms with E-state index in [9.17, 15) is 65.8 Å². The van der Waals surface area contributed by atoms with Gasteiger partial charge in [0.2, 0.25) is 11.7 Å². The molecule has 16 atom stereocenters. The topological polar surface area (TPSA) is 376 Å². The summed E-state index contributed by atoms with van der Waals surface area (Å²) in [5.74, 6) is -4.09. The molecule has 0 bridgehead atoms. The molecular weight excluding hydrogens is 695 g/mol. The number of carboxylic acids is 1. The van der Waals surface area contributed by atoms with Crippen molar-refractivity contribution in [2.24, 2.45) is 5.11 Å². The first-order chi connectivity index (χ1) is 23.2. The normalized spacial score (nSPS) is 39.9. The molecule has 24 heteroatoms. The largest absolute Gasteiger partial charge is 1.00 e. The number of hydrogen-bond acceptors (Lipinski definition) is 20. The van der Waals surface area contributed by atoms with Gasteiger partial charge in [0.25, 0.3) is 0 Å². The fourth-order valence-electron chi connectivity index (χ4n) is 5.39. The zero-order valence-corrected chi connectivity index (χ0v) is 28.5. The second-order valence-electron chi connectivity index (χ2n) is 11.3. The molecule has 23 nitrogen and oxygen atoms in total. The van der Waals surface area contributed by atoms with Gasteiger partial charge in [0.15, 0.2) is 12.6 Å². The number of carbonyl (C=O) groups excluding carboxylic acids is 2. The van der Waals surface area contributed by atoms with Crippen molar-refractivity contribution < 1.29 is 124 Å². The Morgan fingerprint density at radius 1 is 1.04 bits per heavy atom. The van der Waals surface area contributed by atoms with Gasteiger partial charge in [-0.3, -0.25) is 4.79 Å². The van der Waals surface area contributed by atoms with E-state index in [1.807, 2.05) is 0 Å². The molecule has 0 unspecified atom stereocenters. The third-order valence-corrected chi connectivity index (χ3v) is 8.00. The third-order valence-electron chi connectivity index (χ3n) is 8.00. The van der Waals surface area contributed by atoms with Gasteiger partial charge >= 0.3 is 29.6 Å². The number of hydrogen-bond donors (Lipinski definition) is 11. The minimum atomic E-state index is -3.03. The molecule has 0 aromatic rings. The molecule has 3 fully saturated rings. The summed E-state index contributed by atoms with van der Waals surface area (Å²) in [4.78, 5) is 27.0. The molecule has 3 aliphatic rings. The second-order valence-corrected chi connectivity index (χ2v) is 11.3. The van der Waals surface area contributed by atoms with Gasteiger partial charge in [-0.1, -0.05) is 11.0 Å². The predicted octanol–water partition coefficient (Wildman–Crippen LogP) is -11.6. The minimum Gasteiger partial charge on any atom is -0.544 e. The first-order valence-electron chi connectivity index (χ1n) is 14.7. The van der Waals surface area contributed by atoms with Gasteiger partial charge in [0.05, 0.1) is 32.0 Å². The fourth-order valence-corrected chi connectivity index (χ4v) is 5.39. The van der Waals surface area contributed by atoms with E-state index in [4.69, 9.17) is 40.4 Å². The maximum atomic E-state index is 12.4. The molecule has 0 aromatic heterocycles. The number of aliphatic carboxylic acids is 1. The van der Waals surface area contributed by atoms with Gasteiger partial charge in [0, 0.05) is 11.3 Å². The van der Waals surface area contributed by atoms with Crippen molar-refractivity contribution in [2.45, 2.75) is 104 Å². The van der Waals surface area contributed by atoms with Crippen molar-refractivity contribution in [3.8, 4) is 12.3 Å². The number of nitrogens with zero attached hydrogens (tertiary/aromatic N) is 3. The van der Waals surface area contributed by atoms with Crippen molar-refractivity contribution in [3.05, 3.63) is 10.4 Å². The van der Waals surface area contributed by atoms with Crippen LogP contribution in [0.3, 0.4) is 0 Å². The molecule has 3 aliphatic heterocycles. The van der Waals surface area contributed by atoms with Crippen LogP contribution in [0.15, 0.2) is 5.11 Å². The molecule has 0 aromatic carbocycles. The Hall–Kier alpha value is -1.83.